The van der Waals surface area contributed by atoms with Gasteiger partial charge in [0.2, 0.25) is 0 Å². The Labute approximate surface area is 151 Å². The highest BCUT2D eigenvalue weighted by Gasteiger charge is 2.20. The van der Waals surface area contributed by atoms with E-state index in [1.165, 1.54) is 11.3 Å². The molecule has 0 saturated carbocycles. The van der Waals surface area contributed by atoms with Gasteiger partial charge in [-0.05, 0) is 24.6 Å². The standard InChI is InChI=1S/C18H21N5OS/c1-12-19-7-8-23(12)15-9-13(5-6-20-15)10-21-16(24)14-11-22-17(25-14)18(2,3)4/h5-9,11H,10H2,1-4H3,(H,21,24). The van der Waals surface area contributed by atoms with Crippen LogP contribution in [0.15, 0.2) is 36.9 Å². The lowest BCUT2D eigenvalue weighted by molar-refractivity contribution is 0.0954. The van der Waals surface area contributed by atoms with Crippen molar-refractivity contribution in [3.05, 3.63) is 58.2 Å². The third kappa shape index (κ3) is 3.93. The van der Waals surface area contributed by atoms with Crippen molar-refractivity contribution < 1.29 is 4.79 Å². The molecule has 3 rings (SSSR count). The molecule has 3 aromatic heterocycles. The number of hydrogen-bond acceptors (Lipinski definition) is 5. The molecular weight excluding hydrogens is 334 g/mol. The molecule has 1 amide bonds. The van der Waals surface area contributed by atoms with Crippen molar-refractivity contribution in [1.82, 2.24) is 24.8 Å². The van der Waals surface area contributed by atoms with Crippen molar-refractivity contribution in [1.29, 1.82) is 0 Å². The van der Waals surface area contributed by atoms with E-state index in [-0.39, 0.29) is 11.3 Å². The lowest BCUT2D eigenvalue weighted by atomic mass is 9.98. The SMILES string of the molecule is Cc1nccn1-c1cc(CNC(=O)c2cnc(C(C)(C)C)s2)ccn1. The summed E-state index contributed by atoms with van der Waals surface area (Å²) in [5, 5.41) is 3.90. The van der Waals surface area contributed by atoms with E-state index in [0.29, 0.717) is 11.4 Å². The molecule has 0 fully saturated rings. The van der Waals surface area contributed by atoms with Crippen molar-refractivity contribution in [2.24, 2.45) is 0 Å². The molecule has 3 aromatic rings. The van der Waals surface area contributed by atoms with Crippen LogP contribution in [0.25, 0.3) is 5.82 Å². The predicted molar refractivity (Wildman–Crippen MR) is 98.1 cm³/mol. The first-order valence-electron chi connectivity index (χ1n) is 8.04. The molecular formula is C18H21N5OS. The smallest absolute Gasteiger partial charge is 0.263 e. The Morgan fingerprint density at radius 1 is 1.24 bits per heavy atom. The van der Waals surface area contributed by atoms with Crippen molar-refractivity contribution >= 4 is 17.2 Å². The molecule has 0 aromatic carbocycles. The van der Waals surface area contributed by atoms with Gasteiger partial charge in [0.25, 0.3) is 5.91 Å². The van der Waals surface area contributed by atoms with Crippen LogP contribution in [-0.2, 0) is 12.0 Å². The summed E-state index contributed by atoms with van der Waals surface area (Å²) < 4.78 is 1.91. The van der Waals surface area contributed by atoms with Crippen LogP contribution >= 0.6 is 11.3 Å². The molecule has 1 N–H and O–H groups in total. The number of aromatic nitrogens is 4. The lowest BCUT2D eigenvalue weighted by Crippen LogP contribution is -2.22. The van der Waals surface area contributed by atoms with E-state index in [1.54, 1.807) is 18.6 Å². The van der Waals surface area contributed by atoms with Gasteiger partial charge in [-0.25, -0.2) is 15.0 Å². The summed E-state index contributed by atoms with van der Waals surface area (Å²) in [5.41, 5.74) is 0.929. The monoisotopic (exact) mass is 355 g/mol. The van der Waals surface area contributed by atoms with Gasteiger partial charge in [-0.2, -0.15) is 0 Å². The van der Waals surface area contributed by atoms with Gasteiger partial charge in [-0.1, -0.05) is 20.8 Å². The maximum atomic E-state index is 12.4. The lowest BCUT2D eigenvalue weighted by Gasteiger charge is -2.13. The third-order valence-electron chi connectivity index (χ3n) is 3.71. The number of carbonyl (C=O) groups excluding carboxylic acids is 1. The predicted octanol–water partition coefficient (Wildman–Crippen LogP) is 3.26. The largest absolute Gasteiger partial charge is 0.347 e. The Bertz CT molecular complexity index is 891. The number of rotatable bonds is 4. The second-order valence-electron chi connectivity index (χ2n) is 6.83. The van der Waals surface area contributed by atoms with Crippen molar-refractivity contribution in [3.8, 4) is 5.82 Å². The van der Waals surface area contributed by atoms with Crippen LogP contribution in [0.2, 0.25) is 0 Å². The minimum atomic E-state index is -0.106. The number of carbonyl (C=O) groups is 1. The van der Waals surface area contributed by atoms with Crippen LogP contribution in [0, 0.1) is 6.92 Å². The number of amides is 1. The maximum absolute atomic E-state index is 12.4. The molecule has 0 bridgehead atoms. The molecule has 7 heteroatoms. The number of pyridine rings is 1. The highest BCUT2D eigenvalue weighted by atomic mass is 32.1. The molecule has 0 saturated heterocycles. The van der Waals surface area contributed by atoms with Crippen molar-refractivity contribution in [3.63, 3.8) is 0 Å². The fraction of sp³-hybridized carbons (Fsp3) is 0.333. The fourth-order valence-electron chi connectivity index (χ4n) is 2.32. The first-order valence-corrected chi connectivity index (χ1v) is 8.86. The van der Waals surface area contributed by atoms with Gasteiger partial charge in [-0.15, -0.1) is 11.3 Å². The van der Waals surface area contributed by atoms with E-state index in [4.69, 9.17) is 0 Å². The molecule has 6 nitrogen and oxygen atoms in total. The molecule has 3 heterocycles. The van der Waals surface area contributed by atoms with Crippen LogP contribution < -0.4 is 5.32 Å². The van der Waals surface area contributed by atoms with Gasteiger partial charge in [0.15, 0.2) is 0 Å². The van der Waals surface area contributed by atoms with Crippen LogP contribution in [0.3, 0.4) is 0 Å². The van der Waals surface area contributed by atoms with Gasteiger partial charge in [0, 0.05) is 30.6 Å². The first kappa shape index (κ1) is 17.3. The first-order chi connectivity index (χ1) is 11.8. The van der Waals surface area contributed by atoms with Gasteiger partial charge in [0.1, 0.15) is 16.5 Å². The number of nitrogens with zero attached hydrogens (tertiary/aromatic N) is 4. The molecule has 0 atom stereocenters. The zero-order valence-corrected chi connectivity index (χ0v) is 15.6. The zero-order valence-electron chi connectivity index (χ0n) is 14.8. The average molecular weight is 355 g/mol. The van der Waals surface area contributed by atoms with E-state index in [2.05, 4.69) is 41.0 Å². The van der Waals surface area contributed by atoms with Crippen LogP contribution in [-0.4, -0.2) is 25.4 Å². The van der Waals surface area contributed by atoms with Gasteiger partial charge < -0.3 is 5.32 Å². The normalized spacial score (nSPS) is 11.5. The summed E-state index contributed by atoms with van der Waals surface area (Å²) in [7, 11) is 0. The molecule has 0 aliphatic heterocycles. The summed E-state index contributed by atoms with van der Waals surface area (Å²) in [6, 6.07) is 3.84. The van der Waals surface area contributed by atoms with Gasteiger partial charge in [0.05, 0.1) is 11.2 Å². The van der Waals surface area contributed by atoms with Gasteiger partial charge in [-0.3, -0.25) is 9.36 Å². The van der Waals surface area contributed by atoms with Crippen LogP contribution in [0.5, 0.6) is 0 Å². The van der Waals surface area contributed by atoms with E-state index in [9.17, 15) is 4.79 Å². The summed E-state index contributed by atoms with van der Waals surface area (Å²) in [5.74, 6) is 1.55. The zero-order chi connectivity index (χ0) is 18.0. The highest BCUT2D eigenvalue weighted by molar-refractivity contribution is 7.13. The van der Waals surface area contributed by atoms with E-state index in [1.807, 2.05) is 29.8 Å². The Hall–Kier alpha value is -2.54. The summed E-state index contributed by atoms with van der Waals surface area (Å²) >= 11 is 1.44. The average Bonchev–Trinajstić information content (AvgIpc) is 3.21. The molecule has 25 heavy (non-hydrogen) atoms. The summed E-state index contributed by atoms with van der Waals surface area (Å²) in [4.78, 5) is 25.9. The number of hydrogen-bond donors (Lipinski definition) is 1. The maximum Gasteiger partial charge on any atom is 0.263 e. The Kier molecular flexibility index (Phi) is 4.67. The topological polar surface area (TPSA) is 72.7 Å². The number of nitrogens with one attached hydrogen (secondary N) is 1. The Morgan fingerprint density at radius 3 is 2.68 bits per heavy atom. The molecule has 0 aliphatic carbocycles. The van der Waals surface area contributed by atoms with Crippen LogP contribution in [0.4, 0.5) is 0 Å². The molecule has 0 spiro atoms. The van der Waals surface area contributed by atoms with Gasteiger partial charge >= 0.3 is 0 Å². The molecule has 130 valence electrons. The Balaban J connectivity index is 1.69. The van der Waals surface area contributed by atoms with E-state index >= 15 is 0 Å². The van der Waals surface area contributed by atoms with Crippen LogP contribution in [0.1, 0.15) is 46.8 Å². The summed E-state index contributed by atoms with van der Waals surface area (Å²) in [6.45, 7) is 8.62. The second-order valence-corrected chi connectivity index (χ2v) is 7.86. The van der Waals surface area contributed by atoms with E-state index < -0.39 is 0 Å². The molecule has 0 unspecified atom stereocenters. The number of aryl methyl sites for hydroxylation is 1. The summed E-state index contributed by atoms with van der Waals surface area (Å²) in [6.07, 6.45) is 6.99. The minimum Gasteiger partial charge on any atom is -0.347 e. The van der Waals surface area contributed by atoms with Crippen molar-refractivity contribution in [2.45, 2.75) is 39.7 Å². The van der Waals surface area contributed by atoms with E-state index in [0.717, 1.165) is 22.2 Å². The fourth-order valence-corrected chi connectivity index (χ4v) is 3.21. The van der Waals surface area contributed by atoms with Crippen molar-refractivity contribution in [2.75, 3.05) is 0 Å². The molecule has 0 aliphatic rings. The molecule has 0 radical (unpaired) electrons. The minimum absolute atomic E-state index is 0.0497. The second kappa shape index (κ2) is 6.76. The number of thiazole rings is 1. The quantitative estimate of drug-likeness (QED) is 0.780. The Morgan fingerprint density at radius 2 is 2.04 bits per heavy atom. The third-order valence-corrected chi connectivity index (χ3v) is 5.13. The number of imidazole rings is 1. The highest BCUT2D eigenvalue weighted by Crippen LogP contribution is 2.26.